The van der Waals surface area contributed by atoms with Gasteiger partial charge in [-0.2, -0.15) is 0 Å². The average molecular weight is 295 g/mol. The molecule has 0 aliphatic carbocycles. The fourth-order valence-electron chi connectivity index (χ4n) is 1.40. The zero-order valence-corrected chi connectivity index (χ0v) is 10.7. The van der Waals surface area contributed by atoms with E-state index in [1.54, 1.807) is 12.1 Å². The molecule has 0 aliphatic rings. The molecule has 0 atom stereocenters. The fourth-order valence-corrected chi connectivity index (χ4v) is 2.42. The van der Waals surface area contributed by atoms with Crippen LogP contribution in [-0.4, -0.2) is 23.4 Å². The minimum Gasteiger partial charge on any atom is -0.506 e. The highest BCUT2D eigenvalue weighted by atomic mass is 32.2. The van der Waals surface area contributed by atoms with Crippen molar-refractivity contribution in [1.82, 2.24) is 4.98 Å². The van der Waals surface area contributed by atoms with E-state index in [1.807, 2.05) is 0 Å². The Kier molecular flexibility index (Phi) is 3.53. The molecule has 20 heavy (non-hydrogen) atoms. The molecule has 0 amide bonds. The summed E-state index contributed by atoms with van der Waals surface area (Å²) in [4.78, 5) is 12.9. The van der Waals surface area contributed by atoms with Crippen LogP contribution in [0.15, 0.2) is 47.5 Å². The van der Waals surface area contributed by atoms with Gasteiger partial charge < -0.3 is 15.2 Å². The van der Waals surface area contributed by atoms with Gasteiger partial charge in [-0.05, 0) is 28.1 Å². The molecule has 0 saturated heterocycles. The third-order valence-corrected chi connectivity index (χ3v) is 3.72. The number of hydrogen-bond donors (Lipinski definition) is 2. The van der Waals surface area contributed by atoms with Gasteiger partial charge in [0.15, 0.2) is 6.20 Å². The molecule has 1 aromatic heterocycles. The quantitative estimate of drug-likeness (QED) is 0.500. The van der Waals surface area contributed by atoms with Gasteiger partial charge in [0.05, 0.1) is 5.69 Å². The minimum atomic E-state index is -3.97. The summed E-state index contributed by atoms with van der Waals surface area (Å²) in [7, 11) is -3.97. The molecule has 2 rings (SSSR count). The maximum absolute atomic E-state index is 12.0. The van der Waals surface area contributed by atoms with Crippen molar-refractivity contribution in [2.45, 2.75) is 4.90 Å². The fraction of sp³-hybridized carbons (Fsp3) is 0. The number of anilines is 1. The summed E-state index contributed by atoms with van der Waals surface area (Å²) in [6.45, 7) is 0. The van der Waals surface area contributed by atoms with Crippen LogP contribution in [0.1, 0.15) is 0 Å². The van der Waals surface area contributed by atoms with E-state index in [2.05, 4.69) is 9.71 Å². The number of sulfonamides is 1. The molecule has 2 N–H and O–H groups in total. The van der Waals surface area contributed by atoms with Crippen molar-refractivity contribution >= 4 is 21.5 Å². The van der Waals surface area contributed by atoms with Crippen molar-refractivity contribution in [3.63, 3.8) is 0 Å². The van der Waals surface area contributed by atoms with Crippen LogP contribution in [-0.2, 0) is 10.0 Å². The number of pyridine rings is 1. The summed E-state index contributed by atoms with van der Waals surface area (Å²) in [5, 5.41) is 19.9. The monoisotopic (exact) mass is 295 g/mol. The molecule has 1 aromatic carbocycles. The predicted molar refractivity (Wildman–Crippen MR) is 69.8 cm³/mol. The van der Waals surface area contributed by atoms with E-state index in [0.29, 0.717) is 0 Å². The Morgan fingerprint density at radius 1 is 1.20 bits per heavy atom. The lowest BCUT2D eigenvalue weighted by Crippen LogP contribution is -2.13. The zero-order chi connectivity index (χ0) is 14.8. The van der Waals surface area contributed by atoms with Crippen molar-refractivity contribution < 1.29 is 18.4 Å². The molecule has 104 valence electrons. The standard InChI is InChI=1S/C11H9N3O5S/c15-10-4-2-1-3-9(10)13-20(18,19)8-5-6-11(12-7-8)14(16)17/h1-7,13,15H. The van der Waals surface area contributed by atoms with E-state index in [4.69, 9.17) is 0 Å². The summed E-state index contributed by atoms with van der Waals surface area (Å²) in [6.07, 6.45) is 0.875. The number of para-hydroxylation sites is 2. The number of nitrogens with one attached hydrogen (secondary N) is 1. The second-order valence-corrected chi connectivity index (χ2v) is 5.41. The normalized spacial score (nSPS) is 11.0. The van der Waals surface area contributed by atoms with Crippen LogP contribution in [0, 0.1) is 10.1 Å². The number of aromatic nitrogens is 1. The minimum absolute atomic E-state index is 0.00542. The van der Waals surface area contributed by atoms with Crippen LogP contribution < -0.4 is 4.72 Å². The van der Waals surface area contributed by atoms with Gasteiger partial charge >= 0.3 is 5.82 Å². The lowest BCUT2D eigenvalue weighted by Gasteiger charge is -2.08. The molecule has 0 aliphatic heterocycles. The van der Waals surface area contributed by atoms with Crippen molar-refractivity contribution in [3.8, 4) is 5.75 Å². The highest BCUT2D eigenvalue weighted by Gasteiger charge is 2.19. The van der Waals surface area contributed by atoms with E-state index in [-0.39, 0.29) is 16.3 Å². The number of benzene rings is 1. The van der Waals surface area contributed by atoms with Crippen LogP contribution in [0.5, 0.6) is 5.75 Å². The predicted octanol–water partition coefficient (Wildman–Crippen LogP) is 1.50. The third kappa shape index (κ3) is 2.83. The Hall–Kier alpha value is -2.68. The third-order valence-electron chi connectivity index (χ3n) is 2.37. The Balaban J connectivity index is 2.31. The first-order valence-corrected chi connectivity index (χ1v) is 6.80. The first-order valence-electron chi connectivity index (χ1n) is 5.31. The highest BCUT2D eigenvalue weighted by molar-refractivity contribution is 7.92. The summed E-state index contributed by atoms with van der Waals surface area (Å²) in [6, 6.07) is 7.84. The number of nitro groups is 1. The molecule has 9 heteroatoms. The highest BCUT2D eigenvalue weighted by Crippen LogP contribution is 2.25. The van der Waals surface area contributed by atoms with Gasteiger partial charge in [-0.3, -0.25) is 4.72 Å². The summed E-state index contributed by atoms with van der Waals surface area (Å²) in [5.74, 6) is -0.683. The number of nitrogens with zero attached hydrogens (tertiary/aromatic N) is 2. The molecular formula is C11H9N3O5S. The zero-order valence-electron chi connectivity index (χ0n) is 9.92. The molecular weight excluding hydrogens is 286 g/mol. The van der Waals surface area contributed by atoms with Gasteiger partial charge in [0.25, 0.3) is 10.0 Å². The lowest BCUT2D eigenvalue weighted by atomic mass is 10.3. The largest absolute Gasteiger partial charge is 0.506 e. The van der Waals surface area contributed by atoms with Crippen LogP contribution >= 0.6 is 0 Å². The maximum Gasteiger partial charge on any atom is 0.363 e. The molecule has 0 fully saturated rings. The SMILES string of the molecule is O=[N+]([O-])c1ccc(S(=O)(=O)Nc2ccccc2O)cn1. The van der Waals surface area contributed by atoms with Gasteiger partial charge in [0.1, 0.15) is 10.6 Å². The second-order valence-electron chi connectivity index (χ2n) is 3.73. The van der Waals surface area contributed by atoms with Crippen molar-refractivity contribution in [1.29, 1.82) is 0 Å². The number of aromatic hydroxyl groups is 1. The molecule has 0 spiro atoms. The summed E-state index contributed by atoms with van der Waals surface area (Å²) in [5.41, 5.74) is 0.00542. The molecule has 0 bridgehead atoms. The van der Waals surface area contributed by atoms with Crippen LogP contribution in [0.4, 0.5) is 11.5 Å². The van der Waals surface area contributed by atoms with E-state index in [0.717, 1.165) is 18.3 Å². The molecule has 2 aromatic rings. The average Bonchev–Trinajstić information content (AvgIpc) is 2.41. The van der Waals surface area contributed by atoms with Gasteiger partial charge in [-0.1, -0.05) is 12.1 Å². The Bertz CT molecular complexity index is 743. The number of phenolic OH excluding ortho intramolecular Hbond substituents is 1. The van der Waals surface area contributed by atoms with E-state index < -0.39 is 20.8 Å². The first kappa shape index (κ1) is 13.7. The van der Waals surface area contributed by atoms with Crippen LogP contribution in [0.3, 0.4) is 0 Å². The van der Waals surface area contributed by atoms with E-state index >= 15 is 0 Å². The van der Waals surface area contributed by atoms with Gasteiger partial charge in [0, 0.05) is 6.07 Å². The number of rotatable bonds is 4. The second kappa shape index (κ2) is 5.13. The van der Waals surface area contributed by atoms with Gasteiger partial charge in [-0.25, -0.2) is 8.42 Å². The van der Waals surface area contributed by atoms with E-state index in [9.17, 15) is 23.6 Å². The molecule has 0 unspecified atom stereocenters. The number of phenols is 1. The lowest BCUT2D eigenvalue weighted by molar-refractivity contribution is -0.389. The topological polar surface area (TPSA) is 122 Å². The maximum atomic E-state index is 12.0. The molecule has 8 nitrogen and oxygen atoms in total. The molecule has 1 heterocycles. The van der Waals surface area contributed by atoms with Crippen molar-refractivity contribution in [2.75, 3.05) is 4.72 Å². The first-order chi connectivity index (χ1) is 9.40. The Morgan fingerprint density at radius 3 is 2.45 bits per heavy atom. The molecule has 0 radical (unpaired) electrons. The van der Waals surface area contributed by atoms with Crippen molar-refractivity contribution in [3.05, 3.63) is 52.7 Å². The van der Waals surface area contributed by atoms with Crippen LogP contribution in [0.25, 0.3) is 0 Å². The van der Waals surface area contributed by atoms with Gasteiger partial charge in [0.2, 0.25) is 0 Å². The smallest absolute Gasteiger partial charge is 0.363 e. The molecule has 0 saturated carbocycles. The number of hydrogen-bond acceptors (Lipinski definition) is 6. The van der Waals surface area contributed by atoms with E-state index in [1.165, 1.54) is 12.1 Å². The summed E-state index contributed by atoms with van der Waals surface area (Å²) >= 11 is 0. The van der Waals surface area contributed by atoms with Gasteiger partial charge in [-0.15, -0.1) is 0 Å². The Labute approximate surface area is 113 Å². The van der Waals surface area contributed by atoms with Crippen molar-refractivity contribution in [2.24, 2.45) is 0 Å². The van der Waals surface area contributed by atoms with Crippen LogP contribution in [0.2, 0.25) is 0 Å². The Morgan fingerprint density at radius 2 is 1.90 bits per heavy atom. The summed E-state index contributed by atoms with van der Waals surface area (Å²) < 4.78 is 26.2.